The molecular weight excluding hydrogens is 428 g/mol. The number of rotatable bonds is 4. The van der Waals surface area contributed by atoms with Crippen LogP contribution in [0.15, 0.2) is 53.9 Å². The van der Waals surface area contributed by atoms with Crippen LogP contribution in [0, 0.1) is 0 Å². The lowest BCUT2D eigenvalue weighted by Gasteiger charge is -2.30. The number of thiophene rings is 1. The Bertz CT molecular complexity index is 1270. The zero-order chi connectivity index (χ0) is 21.4. The number of likely N-dealkylation sites (tertiary alicyclic amines) is 1. The maximum absolute atomic E-state index is 13.2. The molecule has 1 atom stereocenters. The molecule has 2 N–H and O–H groups in total. The van der Waals surface area contributed by atoms with E-state index in [1.54, 1.807) is 11.3 Å². The molecule has 1 amide bonds. The van der Waals surface area contributed by atoms with Crippen LogP contribution in [0.3, 0.4) is 0 Å². The second-order valence-corrected chi connectivity index (χ2v) is 9.33. The summed E-state index contributed by atoms with van der Waals surface area (Å²) in [5.41, 5.74) is 2.09. The highest BCUT2D eigenvalue weighted by Gasteiger charge is 2.22. The Morgan fingerprint density at radius 2 is 2.03 bits per heavy atom. The van der Waals surface area contributed by atoms with Crippen LogP contribution in [0.2, 0.25) is 5.02 Å². The van der Waals surface area contributed by atoms with Crippen LogP contribution in [-0.2, 0) is 0 Å². The van der Waals surface area contributed by atoms with Crippen molar-refractivity contribution < 1.29 is 4.79 Å². The van der Waals surface area contributed by atoms with Crippen molar-refractivity contribution in [3.63, 3.8) is 0 Å². The lowest BCUT2D eigenvalue weighted by Crippen LogP contribution is -2.46. The third-order valence-electron chi connectivity index (χ3n) is 5.76. The van der Waals surface area contributed by atoms with Gasteiger partial charge in [-0.15, -0.1) is 11.3 Å². The van der Waals surface area contributed by atoms with Gasteiger partial charge in [0.05, 0.1) is 21.8 Å². The van der Waals surface area contributed by atoms with E-state index in [4.69, 9.17) is 16.6 Å². The average Bonchev–Trinajstić information content (AvgIpc) is 3.26. The van der Waals surface area contributed by atoms with E-state index in [-0.39, 0.29) is 11.9 Å². The number of hydrogen-bond donors (Lipinski definition) is 2. The largest absolute Gasteiger partial charge is 0.348 e. The number of nitrogens with zero attached hydrogens (tertiary/aromatic N) is 2. The third kappa shape index (κ3) is 3.99. The molecule has 4 aromatic rings. The van der Waals surface area contributed by atoms with E-state index in [9.17, 15) is 4.79 Å². The Labute approximate surface area is 190 Å². The molecular formula is C24H23ClN4OS. The van der Waals surface area contributed by atoms with Gasteiger partial charge in [-0.1, -0.05) is 35.9 Å². The minimum absolute atomic E-state index is 0.0713. The SMILES string of the molecule is CN1CCCC(NC(=O)c2cccc3c2nc(Nc2ccccc2Cl)c2ccsc23)C1. The predicted octanol–water partition coefficient (Wildman–Crippen LogP) is 5.67. The topological polar surface area (TPSA) is 57.3 Å². The highest BCUT2D eigenvalue weighted by atomic mass is 35.5. The number of halogens is 1. The molecule has 1 saturated heterocycles. The summed E-state index contributed by atoms with van der Waals surface area (Å²) in [4.78, 5) is 20.4. The Kier molecular flexibility index (Phi) is 5.52. The summed E-state index contributed by atoms with van der Waals surface area (Å²) in [7, 11) is 2.10. The van der Waals surface area contributed by atoms with E-state index >= 15 is 0 Å². The zero-order valence-corrected chi connectivity index (χ0v) is 18.8. The van der Waals surface area contributed by atoms with Gasteiger partial charge in [0.1, 0.15) is 5.82 Å². The first-order valence-corrected chi connectivity index (χ1v) is 11.7. The van der Waals surface area contributed by atoms with Gasteiger partial charge in [0.15, 0.2) is 0 Å². The number of aromatic nitrogens is 1. The standard InChI is InChI=1S/C24H23ClN4OS/c1-29-12-5-6-15(14-29)26-24(30)17-8-4-7-16-21(17)28-23(18-11-13-31-22(16)18)27-20-10-3-2-9-19(20)25/h2-4,7-11,13,15H,5-6,12,14H2,1H3,(H,26,30)(H,27,28). The first-order chi connectivity index (χ1) is 15.1. The second kappa shape index (κ2) is 8.46. The van der Waals surface area contributed by atoms with Crippen molar-refractivity contribution in [1.29, 1.82) is 0 Å². The van der Waals surface area contributed by atoms with Crippen LogP contribution in [0.5, 0.6) is 0 Å². The molecule has 7 heteroatoms. The zero-order valence-electron chi connectivity index (χ0n) is 17.2. The van der Waals surface area contributed by atoms with Crippen molar-refractivity contribution in [2.75, 3.05) is 25.5 Å². The predicted molar refractivity (Wildman–Crippen MR) is 130 cm³/mol. The number of piperidine rings is 1. The number of carbonyl (C=O) groups is 1. The summed E-state index contributed by atoms with van der Waals surface area (Å²) in [5, 5.41) is 11.3. The number of amides is 1. The van der Waals surface area contributed by atoms with Crippen molar-refractivity contribution in [2.24, 2.45) is 0 Å². The van der Waals surface area contributed by atoms with Crippen molar-refractivity contribution in [1.82, 2.24) is 15.2 Å². The average molecular weight is 451 g/mol. The fourth-order valence-electron chi connectivity index (χ4n) is 4.24. The summed E-state index contributed by atoms with van der Waals surface area (Å²) in [6, 6.07) is 15.6. The van der Waals surface area contributed by atoms with E-state index < -0.39 is 0 Å². The Balaban J connectivity index is 1.57. The van der Waals surface area contributed by atoms with Gasteiger partial charge in [-0.05, 0) is 56.1 Å². The number of para-hydroxylation sites is 2. The van der Waals surface area contributed by atoms with Gasteiger partial charge in [-0.2, -0.15) is 0 Å². The summed E-state index contributed by atoms with van der Waals surface area (Å²) in [5.74, 6) is 0.632. The van der Waals surface area contributed by atoms with Gasteiger partial charge in [0, 0.05) is 28.1 Å². The Hall–Kier alpha value is -2.67. The molecule has 5 rings (SSSR count). The molecule has 1 aliphatic rings. The molecule has 158 valence electrons. The van der Waals surface area contributed by atoms with Crippen molar-refractivity contribution in [3.05, 3.63) is 64.5 Å². The highest BCUT2D eigenvalue weighted by molar-refractivity contribution is 7.18. The van der Waals surface area contributed by atoms with Crippen molar-refractivity contribution >= 4 is 61.3 Å². The number of hydrogen-bond acceptors (Lipinski definition) is 5. The molecule has 1 fully saturated rings. The summed E-state index contributed by atoms with van der Waals surface area (Å²) >= 11 is 8.01. The van der Waals surface area contributed by atoms with Gasteiger partial charge in [0.25, 0.3) is 5.91 Å². The molecule has 31 heavy (non-hydrogen) atoms. The van der Waals surface area contributed by atoms with Gasteiger partial charge in [0.2, 0.25) is 0 Å². The van der Waals surface area contributed by atoms with Crippen LogP contribution in [0.1, 0.15) is 23.2 Å². The van der Waals surface area contributed by atoms with E-state index in [1.807, 2.05) is 47.8 Å². The molecule has 2 aromatic carbocycles. The monoisotopic (exact) mass is 450 g/mol. The summed E-state index contributed by atoms with van der Waals surface area (Å²) < 4.78 is 1.10. The minimum atomic E-state index is -0.0713. The molecule has 0 bridgehead atoms. The maximum Gasteiger partial charge on any atom is 0.253 e. The third-order valence-corrected chi connectivity index (χ3v) is 7.03. The normalized spacial score (nSPS) is 17.2. The quantitative estimate of drug-likeness (QED) is 0.420. The highest BCUT2D eigenvalue weighted by Crippen LogP contribution is 2.36. The van der Waals surface area contributed by atoms with Crippen LogP contribution >= 0.6 is 22.9 Å². The fourth-order valence-corrected chi connectivity index (χ4v) is 5.35. The second-order valence-electron chi connectivity index (χ2n) is 8.01. The number of carbonyl (C=O) groups excluding carboxylic acids is 1. The van der Waals surface area contributed by atoms with E-state index in [0.29, 0.717) is 21.9 Å². The summed E-state index contributed by atoms with van der Waals surface area (Å²) in [6.07, 6.45) is 2.10. The molecule has 0 spiro atoms. The first-order valence-electron chi connectivity index (χ1n) is 10.4. The number of benzene rings is 2. The summed E-state index contributed by atoms with van der Waals surface area (Å²) in [6.45, 7) is 1.95. The van der Waals surface area contributed by atoms with Gasteiger partial charge >= 0.3 is 0 Å². The molecule has 0 saturated carbocycles. The minimum Gasteiger partial charge on any atom is -0.348 e. The van der Waals surface area contributed by atoms with E-state index in [0.717, 1.165) is 47.1 Å². The molecule has 1 aliphatic heterocycles. The Morgan fingerprint density at radius 3 is 2.87 bits per heavy atom. The molecule has 3 heterocycles. The number of pyridine rings is 1. The maximum atomic E-state index is 13.2. The molecule has 0 aliphatic carbocycles. The van der Waals surface area contributed by atoms with Gasteiger partial charge < -0.3 is 15.5 Å². The smallest absolute Gasteiger partial charge is 0.253 e. The first kappa shape index (κ1) is 20.2. The number of anilines is 2. The van der Waals surface area contributed by atoms with E-state index in [1.165, 1.54) is 0 Å². The van der Waals surface area contributed by atoms with Crippen LogP contribution < -0.4 is 10.6 Å². The van der Waals surface area contributed by atoms with Gasteiger partial charge in [-0.3, -0.25) is 4.79 Å². The van der Waals surface area contributed by atoms with Crippen LogP contribution in [0.25, 0.3) is 21.0 Å². The van der Waals surface area contributed by atoms with Crippen molar-refractivity contribution in [2.45, 2.75) is 18.9 Å². The Morgan fingerprint density at radius 1 is 1.16 bits per heavy atom. The molecule has 1 unspecified atom stereocenters. The number of fused-ring (bicyclic) bond motifs is 3. The van der Waals surface area contributed by atoms with Crippen LogP contribution in [-0.4, -0.2) is 42.0 Å². The van der Waals surface area contributed by atoms with Crippen LogP contribution in [0.4, 0.5) is 11.5 Å². The lowest BCUT2D eigenvalue weighted by atomic mass is 10.0. The lowest BCUT2D eigenvalue weighted by molar-refractivity contribution is 0.0914. The van der Waals surface area contributed by atoms with Gasteiger partial charge in [-0.25, -0.2) is 4.98 Å². The number of likely N-dealkylation sites (N-methyl/N-ethyl adjacent to an activating group) is 1. The van der Waals surface area contributed by atoms with Crippen molar-refractivity contribution in [3.8, 4) is 0 Å². The molecule has 2 aromatic heterocycles. The molecule has 5 nitrogen and oxygen atoms in total. The number of nitrogens with one attached hydrogen (secondary N) is 2. The van der Waals surface area contributed by atoms with E-state index in [2.05, 4.69) is 28.6 Å². The molecule has 0 radical (unpaired) electrons. The fraction of sp³-hybridized carbons (Fsp3) is 0.250.